The number of urea groups is 1. The van der Waals surface area contributed by atoms with Crippen LogP contribution >= 0.6 is 0 Å². The second-order valence-electron chi connectivity index (χ2n) is 7.05. The van der Waals surface area contributed by atoms with Crippen molar-refractivity contribution in [2.45, 2.75) is 4.90 Å². The molecule has 0 saturated carbocycles. The van der Waals surface area contributed by atoms with E-state index in [1.54, 1.807) is 25.2 Å². The second-order valence-corrected chi connectivity index (χ2v) is 8.74. The first-order valence-electron chi connectivity index (χ1n) is 9.76. The number of carbonyl (C=O) groups is 2. The van der Waals surface area contributed by atoms with E-state index in [1.165, 1.54) is 53.3 Å². The molecule has 4 rings (SSSR count). The maximum atomic E-state index is 13.1. The Morgan fingerprint density at radius 2 is 1.71 bits per heavy atom. The molecule has 0 aliphatic carbocycles. The number of halogens is 1. The number of nitrogens with zero attached hydrogens (tertiary/aromatic N) is 3. The van der Waals surface area contributed by atoms with Gasteiger partial charge in [0.05, 0.1) is 16.8 Å². The fraction of sp³-hybridized carbons (Fsp3) is 0.0476. The Kier molecular flexibility index (Phi) is 6.10. The fourth-order valence-corrected chi connectivity index (χ4v) is 3.92. The second kappa shape index (κ2) is 9.15. The first-order chi connectivity index (χ1) is 16.2. The van der Waals surface area contributed by atoms with Gasteiger partial charge in [-0.3, -0.25) is 19.9 Å². The average Bonchev–Trinajstić information content (AvgIpc) is 3.44. The van der Waals surface area contributed by atoms with Crippen molar-refractivity contribution in [2.75, 3.05) is 10.6 Å². The van der Waals surface area contributed by atoms with Crippen LogP contribution in [0.2, 0.25) is 0 Å². The number of hydrogen-bond donors (Lipinski definition) is 4. The smallest absolute Gasteiger partial charge is 0.321 e. The Labute approximate surface area is 193 Å². The molecule has 2 aromatic carbocycles. The summed E-state index contributed by atoms with van der Waals surface area (Å²) >= 11 is 0. The molecule has 0 spiro atoms. The molecule has 0 saturated heterocycles. The Morgan fingerprint density at radius 3 is 2.35 bits per heavy atom. The summed E-state index contributed by atoms with van der Waals surface area (Å²) in [5.41, 5.74) is 1.71. The molecule has 174 valence electrons. The molecule has 11 nitrogen and oxygen atoms in total. The summed E-state index contributed by atoms with van der Waals surface area (Å²) in [5, 5.41) is 15.3. The minimum Gasteiger partial charge on any atom is -0.321 e. The Balaban J connectivity index is 1.43. The van der Waals surface area contributed by atoms with Crippen LogP contribution < -0.4 is 15.4 Å². The van der Waals surface area contributed by atoms with Crippen molar-refractivity contribution in [3.63, 3.8) is 0 Å². The maximum absolute atomic E-state index is 13.1. The predicted octanol–water partition coefficient (Wildman–Crippen LogP) is 2.71. The largest absolute Gasteiger partial charge is 0.334 e. The van der Waals surface area contributed by atoms with E-state index in [0.717, 1.165) is 0 Å². The minimum absolute atomic E-state index is 0.176. The lowest BCUT2D eigenvalue weighted by Gasteiger charge is -2.09. The summed E-state index contributed by atoms with van der Waals surface area (Å²) in [4.78, 5) is 24.4. The highest BCUT2D eigenvalue weighted by molar-refractivity contribution is 7.90. The Morgan fingerprint density at radius 1 is 1.00 bits per heavy atom. The highest BCUT2D eigenvalue weighted by Gasteiger charge is 2.19. The molecule has 0 fully saturated rings. The number of aryl methyl sites for hydroxylation is 1. The third-order valence-electron chi connectivity index (χ3n) is 4.65. The van der Waals surface area contributed by atoms with Crippen LogP contribution in [0.4, 0.5) is 20.7 Å². The van der Waals surface area contributed by atoms with E-state index in [1.807, 2.05) is 4.72 Å². The number of carbonyl (C=O) groups excluding carboxylic acids is 2. The fourth-order valence-electron chi connectivity index (χ4n) is 3.01. The highest BCUT2D eigenvalue weighted by atomic mass is 32.2. The molecule has 4 N–H and O–H groups in total. The minimum atomic E-state index is -4.15. The molecule has 0 aliphatic heterocycles. The van der Waals surface area contributed by atoms with Crippen molar-refractivity contribution in [3.8, 4) is 11.3 Å². The van der Waals surface area contributed by atoms with E-state index in [4.69, 9.17) is 0 Å². The van der Waals surface area contributed by atoms with E-state index in [-0.39, 0.29) is 22.2 Å². The summed E-state index contributed by atoms with van der Waals surface area (Å²) in [6, 6.07) is 13.0. The van der Waals surface area contributed by atoms with E-state index in [0.29, 0.717) is 16.9 Å². The third kappa shape index (κ3) is 5.10. The molecule has 3 amide bonds. The molecular formula is C21H18FN7O4S. The van der Waals surface area contributed by atoms with Gasteiger partial charge in [0.15, 0.2) is 0 Å². The maximum Gasteiger partial charge on any atom is 0.334 e. The number of nitrogens with one attached hydrogen (secondary N) is 4. The molecule has 0 radical (unpaired) electrons. The molecule has 2 aromatic heterocycles. The van der Waals surface area contributed by atoms with Gasteiger partial charge in [0.1, 0.15) is 17.3 Å². The Bertz CT molecular complexity index is 1430. The highest BCUT2D eigenvalue weighted by Crippen LogP contribution is 2.20. The SMILES string of the molecule is Cn1nc(-c2ccc(F)cc2)cc1C(=O)Nc1ccc(S(=O)(=O)NC(=O)Nc2ccn[nH]2)cc1. The molecule has 0 atom stereocenters. The zero-order valence-electron chi connectivity index (χ0n) is 17.6. The number of amides is 3. The van der Waals surface area contributed by atoms with Crippen molar-refractivity contribution >= 4 is 33.5 Å². The lowest BCUT2D eigenvalue weighted by atomic mass is 10.1. The first kappa shape index (κ1) is 22.7. The van der Waals surface area contributed by atoms with Crippen LogP contribution in [-0.4, -0.2) is 40.3 Å². The van der Waals surface area contributed by atoms with Gasteiger partial charge >= 0.3 is 6.03 Å². The van der Waals surface area contributed by atoms with Crippen molar-refractivity contribution < 1.29 is 22.4 Å². The van der Waals surface area contributed by atoms with Gasteiger partial charge in [0.2, 0.25) is 0 Å². The normalized spacial score (nSPS) is 11.1. The van der Waals surface area contributed by atoms with E-state index >= 15 is 0 Å². The van der Waals surface area contributed by atoms with Crippen molar-refractivity contribution in [2.24, 2.45) is 7.05 Å². The van der Waals surface area contributed by atoms with Gasteiger partial charge in [0.25, 0.3) is 15.9 Å². The topological polar surface area (TPSA) is 151 Å². The number of sulfonamides is 1. The number of H-pyrrole nitrogens is 1. The number of aromatic amines is 1. The molecule has 34 heavy (non-hydrogen) atoms. The third-order valence-corrected chi connectivity index (χ3v) is 6.00. The number of rotatable bonds is 6. The van der Waals surface area contributed by atoms with Gasteiger partial charge in [-0.15, -0.1) is 0 Å². The summed E-state index contributed by atoms with van der Waals surface area (Å²) in [7, 11) is -2.55. The summed E-state index contributed by atoms with van der Waals surface area (Å²) in [5.74, 6) is -0.628. The molecule has 13 heteroatoms. The van der Waals surface area contributed by atoms with E-state index in [2.05, 4.69) is 25.9 Å². The standard InChI is InChI=1S/C21H18FN7O4S/c1-29-18(12-17(27-29)13-2-4-14(22)5-3-13)20(30)24-15-6-8-16(9-7-15)34(32,33)28-21(31)25-19-10-11-23-26-19/h2-12H,1H3,(H,24,30)(H3,23,25,26,28,31). The monoisotopic (exact) mass is 483 g/mol. The van der Waals surface area contributed by atoms with Crippen LogP contribution in [0, 0.1) is 5.82 Å². The Hall–Kier alpha value is -4.52. The van der Waals surface area contributed by atoms with Gasteiger partial charge in [0, 0.05) is 24.4 Å². The van der Waals surface area contributed by atoms with Gasteiger partial charge < -0.3 is 5.32 Å². The van der Waals surface area contributed by atoms with Crippen LogP contribution in [0.25, 0.3) is 11.3 Å². The van der Waals surface area contributed by atoms with Crippen molar-refractivity contribution in [1.29, 1.82) is 0 Å². The van der Waals surface area contributed by atoms with Gasteiger partial charge in [-0.25, -0.2) is 22.3 Å². The molecule has 0 bridgehead atoms. The zero-order valence-corrected chi connectivity index (χ0v) is 18.4. The zero-order chi connectivity index (χ0) is 24.3. The first-order valence-corrected chi connectivity index (χ1v) is 11.2. The number of anilines is 2. The molecule has 0 unspecified atom stereocenters. The predicted molar refractivity (Wildman–Crippen MR) is 121 cm³/mol. The molecule has 4 aromatic rings. The number of hydrogen-bond acceptors (Lipinski definition) is 6. The van der Waals surface area contributed by atoms with E-state index < -0.39 is 22.0 Å². The average molecular weight is 483 g/mol. The summed E-state index contributed by atoms with van der Waals surface area (Å²) in [6.45, 7) is 0. The van der Waals surface area contributed by atoms with Crippen LogP contribution in [0.3, 0.4) is 0 Å². The van der Waals surface area contributed by atoms with Crippen molar-refractivity contribution in [1.82, 2.24) is 24.7 Å². The molecule has 0 aliphatic rings. The van der Waals surface area contributed by atoms with Crippen LogP contribution in [0.5, 0.6) is 0 Å². The van der Waals surface area contributed by atoms with Gasteiger partial charge in [-0.2, -0.15) is 10.2 Å². The molecular weight excluding hydrogens is 465 g/mol. The number of aromatic nitrogens is 4. The van der Waals surface area contributed by atoms with Gasteiger partial charge in [-0.05, 0) is 54.6 Å². The van der Waals surface area contributed by atoms with Crippen LogP contribution in [0.1, 0.15) is 10.5 Å². The summed E-state index contributed by atoms with van der Waals surface area (Å²) < 4.78 is 41.2. The summed E-state index contributed by atoms with van der Waals surface area (Å²) in [6.07, 6.45) is 1.40. The quantitative estimate of drug-likeness (QED) is 0.331. The van der Waals surface area contributed by atoms with E-state index in [9.17, 15) is 22.4 Å². The number of benzene rings is 2. The van der Waals surface area contributed by atoms with Crippen LogP contribution in [0.15, 0.2) is 71.8 Å². The lowest BCUT2D eigenvalue weighted by Crippen LogP contribution is -2.34. The van der Waals surface area contributed by atoms with Gasteiger partial charge in [-0.1, -0.05) is 0 Å². The van der Waals surface area contributed by atoms with Crippen LogP contribution in [-0.2, 0) is 17.1 Å². The lowest BCUT2D eigenvalue weighted by molar-refractivity contribution is 0.101. The van der Waals surface area contributed by atoms with Crippen molar-refractivity contribution in [3.05, 3.63) is 78.4 Å². The molecule has 2 heterocycles.